The minimum Gasteiger partial charge on any atom is -0.305 e. The van der Waals surface area contributed by atoms with E-state index in [1.54, 1.807) is 12.1 Å². The number of benzene rings is 1. The molecule has 1 aromatic carbocycles. The Kier molecular flexibility index (Phi) is 6.28. The normalized spacial score (nSPS) is 11.7. The third-order valence-electron chi connectivity index (χ3n) is 2.50. The number of sulfonamides is 1. The summed E-state index contributed by atoms with van der Waals surface area (Å²) in [6.07, 6.45) is 2.41. The molecule has 0 atom stereocenters. The molecule has 0 saturated carbocycles. The van der Waals surface area contributed by atoms with Gasteiger partial charge in [-0.3, -0.25) is 0 Å². The van der Waals surface area contributed by atoms with Gasteiger partial charge >= 0.3 is 0 Å². The average molecular weight is 272 g/mol. The average Bonchev–Trinajstić information content (AvgIpc) is 2.37. The first-order valence-corrected chi connectivity index (χ1v) is 7.48. The van der Waals surface area contributed by atoms with Crippen LogP contribution < -0.4 is 10.6 Å². The van der Waals surface area contributed by atoms with Crippen LogP contribution in [-0.4, -0.2) is 21.6 Å². The lowest BCUT2D eigenvalue weighted by Gasteiger charge is -2.06. The third-order valence-corrected chi connectivity index (χ3v) is 3.98. The lowest BCUT2D eigenvalue weighted by Crippen LogP contribution is -2.24. The fourth-order valence-corrected chi connectivity index (χ4v) is 2.65. The molecule has 0 heterocycles. The van der Waals surface area contributed by atoms with Crippen molar-refractivity contribution in [1.82, 2.24) is 4.72 Å². The molecule has 0 radical (unpaired) electrons. The van der Waals surface area contributed by atoms with Gasteiger partial charge in [-0.2, -0.15) is 0 Å². The summed E-state index contributed by atoms with van der Waals surface area (Å²) in [4.78, 5) is 4.78. The molecule has 1 rings (SSSR count). The van der Waals surface area contributed by atoms with Gasteiger partial charge in [-0.05, 0) is 37.0 Å². The molecule has 1 aromatic rings. The number of hydrogen-bond acceptors (Lipinski definition) is 4. The van der Waals surface area contributed by atoms with Gasteiger partial charge in [0.25, 0.3) is 0 Å². The summed E-state index contributed by atoms with van der Waals surface area (Å²) in [5.41, 5.74) is 1.07. The van der Waals surface area contributed by atoms with E-state index in [0.29, 0.717) is 18.0 Å². The summed E-state index contributed by atoms with van der Waals surface area (Å²) in [6, 6.07) is 6.88. The maximum absolute atomic E-state index is 11.8. The van der Waals surface area contributed by atoms with Gasteiger partial charge in [0.1, 0.15) is 0 Å². The SMILES string of the molecule is CCCNS(=O)(=O)c1ccc(CCCON)cc1. The highest BCUT2D eigenvalue weighted by Crippen LogP contribution is 2.11. The second-order valence-electron chi connectivity index (χ2n) is 4.02. The van der Waals surface area contributed by atoms with E-state index < -0.39 is 10.0 Å². The largest absolute Gasteiger partial charge is 0.305 e. The molecule has 0 saturated heterocycles. The van der Waals surface area contributed by atoms with Gasteiger partial charge in [0.2, 0.25) is 10.0 Å². The van der Waals surface area contributed by atoms with Crippen LogP contribution in [0.15, 0.2) is 29.2 Å². The monoisotopic (exact) mass is 272 g/mol. The van der Waals surface area contributed by atoms with Gasteiger partial charge in [-0.1, -0.05) is 19.1 Å². The van der Waals surface area contributed by atoms with Crippen molar-refractivity contribution >= 4 is 10.0 Å². The van der Waals surface area contributed by atoms with E-state index in [9.17, 15) is 8.42 Å². The van der Waals surface area contributed by atoms with Gasteiger partial charge in [0.15, 0.2) is 0 Å². The Balaban J connectivity index is 2.64. The van der Waals surface area contributed by atoms with Gasteiger partial charge < -0.3 is 4.84 Å². The fraction of sp³-hybridized carbons (Fsp3) is 0.500. The Hall–Kier alpha value is -0.950. The van der Waals surface area contributed by atoms with Crippen molar-refractivity contribution in [2.75, 3.05) is 13.2 Å². The quantitative estimate of drug-likeness (QED) is 0.550. The van der Waals surface area contributed by atoms with E-state index >= 15 is 0 Å². The highest BCUT2D eigenvalue weighted by atomic mass is 32.2. The Morgan fingerprint density at radius 1 is 1.28 bits per heavy atom. The van der Waals surface area contributed by atoms with E-state index in [1.807, 2.05) is 19.1 Å². The highest BCUT2D eigenvalue weighted by Gasteiger charge is 2.12. The molecule has 0 amide bonds. The third kappa shape index (κ3) is 4.73. The summed E-state index contributed by atoms with van der Waals surface area (Å²) in [7, 11) is -3.36. The van der Waals surface area contributed by atoms with E-state index in [2.05, 4.69) is 9.56 Å². The van der Waals surface area contributed by atoms with E-state index in [0.717, 1.165) is 24.8 Å². The molecule has 0 spiro atoms. The Morgan fingerprint density at radius 3 is 2.50 bits per heavy atom. The lowest BCUT2D eigenvalue weighted by atomic mass is 10.1. The maximum Gasteiger partial charge on any atom is 0.240 e. The van der Waals surface area contributed by atoms with Crippen molar-refractivity contribution in [1.29, 1.82) is 0 Å². The lowest BCUT2D eigenvalue weighted by molar-refractivity contribution is 0.135. The smallest absolute Gasteiger partial charge is 0.240 e. The van der Waals surface area contributed by atoms with Crippen LogP contribution in [0.1, 0.15) is 25.3 Å². The van der Waals surface area contributed by atoms with E-state index in [1.165, 1.54) is 0 Å². The van der Waals surface area contributed by atoms with Crippen LogP contribution >= 0.6 is 0 Å². The summed E-state index contributed by atoms with van der Waals surface area (Å²) >= 11 is 0. The van der Waals surface area contributed by atoms with Crippen LogP contribution in [0.3, 0.4) is 0 Å². The minimum atomic E-state index is -3.36. The second-order valence-corrected chi connectivity index (χ2v) is 5.78. The predicted octanol–water partition coefficient (Wildman–Crippen LogP) is 1.20. The molecule has 5 nitrogen and oxygen atoms in total. The van der Waals surface area contributed by atoms with E-state index in [-0.39, 0.29) is 0 Å². The maximum atomic E-state index is 11.8. The molecule has 0 aromatic heterocycles. The van der Waals surface area contributed by atoms with Gasteiger partial charge in [-0.25, -0.2) is 19.0 Å². The van der Waals surface area contributed by atoms with Crippen molar-refractivity contribution < 1.29 is 13.3 Å². The Bertz CT molecular complexity index is 443. The minimum absolute atomic E-state index is 0.301. The van der Waals surface area contributed by atoms with Crippen molar-refractivity contribution in [3.05, 3.63) is 29.8 Å². The molecule has 0 aliphatic rings. The summed E-state index contributed by atoms with van der Waals surface area (Å²) in [5.74, 6) is 4.93. The van der Waals surface area contributed by atoms with Gasteiger partial charge in [0.05, 0.1) is 11.5 Å². The zero-order valence-electron chi connectivity index (χ0n) is 10.6. The molecule has 0 fully saturated rings. The highest BCUT2D eigenvalue weighted by molar-refractivity contribution is 7.89. The first kappa shape index (κ1) is 15.1. The molecular weight excluding hydrogens is 252 g/mol. The fourth-order valence-electron chi connectivity index (χ4n) is 1.51. The number of rotatable bonds is 8. The molecule has 0 bridgehead atoms. The molecule has 0 aliphatic heterocycles. The second kappa shape index (κ2) is 7.48. The van der Waals surface area contributed by atoms with Crippen LogP contribution in [0, 0.1) is 0 Å². The molecule has 18 heavy (non-hydrogen) atoms. The summed E-state index contributed by atoms with van der Waals surface area (Å²) in [6.45, 7) is 2.88. The molecular formula is C12H20N2O3S. The topological polar surface area (TPSA) is 81.4 Å². The first-order chi connectivity index (χ1) is 8.60. The van der Waals surface area contributed by atoms with Crippen molar-refractivity contribution in [3.63, 3.8) is 0 Å². The first-order valence-electron chi connectivity index (χ1n) is 6.00. The summed E-state index contributed by atoms with van der Waals surface area (Å²) in [5, 5.41) is 0. The number of nitrogens with two attached hydrogens (primary N) is 1. The van der Waals surface area contributed by atoms with Crippen molar-refractivity contribution in [2.45, 2.75) is 31.1 Å². The summed E-state index contributed by atoms with van der Waals surface area (Å²) < 4.78 is 26.2. The van der Waals surface area contributed by atoms with Crippen LogP contribution in [0.5, 0.6) is 0 Å². The Morgan fingerprint density at radius 2 is 1.94 bits per heavy atom. The van der Waals surface area contributed by atoms with Gasteiger partial charge in [0, 0.05) is 6.54 Å². The molecule has 0 aliphatic carbocycles. The van der Waals surface area contributed by atoms with Crippen molar-refractivity contribution in [2.24, 2.45) is 5.90 Å². The molecule has 6 heteroatoms. The van der Waals surface area contributed by atoms with E-state index in [4.69, 9.17) is 5.90 Å². The molecule has 102 valence electrons. The van der Waals surface area contributed by atoms with Crippen LogP contribution in [-0.2, 0) is 21.3 Å². The standard InChI is InChI=1S/C12H20N2O3S/c1-2-9-14-18(15,16)12-7-5-11(6-8-12)4-3-10-17-13/h5-8,14H,2-4,9-10,13H2,1H3. The van der Waals surface area contributed by atoms with Crippen molar-refractivity contribution in [3.8, 4) is 0 Å². The molecule has 0 unspecified atom stereocenters. The zero-order valence-corrected chi connectivity index (χ0v) is 11.4. The Labute approximate surface area is 108 Å². The van der Waals surface area contributed by atoms with Crippen LogP contribution in [0.2, 0.25) is 0 Å². The number of aryl methyl sites for hydroxylation is 1. The predicted molar refractivity (Wildman–Crippen MR) is 70.4 cm³/mol. The molecule has 3 N–H and O–H groups in total. The number of nitrogens with one attached hydrogen (secondary N) is 1. The van der Waals surface area contributed by atoms with Gasteiger partial charge in [-0.15, -0.1) is 0 Å². The number of hydrogen-bond donors (Lipinski definition) is 2. The van der Waals surface area contributed by atoms with Crippen LogP contribution in [0.4, 0.5) is 0 Å². The zero-order chi connectivity index (χ0) is 13.4. The van der Waals surface area contributed by atoms with Crippen LogP contribution in [0.25, 0.3) is 0 Å².